The standard InChI is InChI=1S/C16H28N2O3/c1-2-3-4-5-6-12-21-15-8-7-10-18(16(15)19)11-14-20-13-9-17/h7-8,10H,2-6,9,11-14,17H2,1H3. The lowest BCUT2D eigenvalue weighted by molar-refractivity contribution is 0.132. The summed E-state index contributed by atoms with van der Waals surface area (Å²) >= 11 is 0. The van der Waals surface area contributed by atoms with Crippen LogP contribution in [0.25, 0.3) is 0 Å². The summed E-state index contributed by atoms with van der Waals surface area (Å²) in [5, 5.41) is 0. The van der Waals surface area contributed by atoms with Crippen LogP contribution in [0.2, 0.25) is 0 Å². The molecule has 2 N–H and O–H groups in total. The first kappa shape index (κ1) is 17.7. The summed E-state index contributed by atoms with van der Waals surface area (Å²) in [4.78, 5) is 12.2. The van der Waals surface area contributed by atoms with Crippen molar-refractivity contribution in [2.24, 2.45) is 5.73 Å². The lowest BCUT2D eigenvalue weighted by atomic mass is 10.2. The van der Waals surface area contributed by atoms with E-state index in [1.54, 1.807) is 16.8 Å². The maximum absolute atomic E-state index is 12.2. The third-order valence-corrected chi connectivity index (χ3v) is 3.23. The van der Waals surface area contributed by atoms with E-state index in [0.717, 1.165) is 12.8 Å². The molecule has 5 heteroatoms. The molecule has 1 aromatic rings. The number of nitrogens with zero attached hydrogens (tertiary/aromatic N) is 1. The summed E-state index contributed by atoms with van der Waals surface area (Å²) < 4.78 is 12.5. The van der Waals surface area contributed by atoms with Crippen LogP contribution >= 0.6 is 0 Å². The zero-order chi connectivity index (χ0) is 15.3. The Morgan fingerprint density at radius 1 is 1.14 bits per heavy atom. The fraction of sp³-hybridized carbons (Fsp3) is 0.688. The minimum absolute atomic E-state index is 0.0950. The highest BCUT2D eigenvalue weighted by Crippen LogP contribution is 2.06. The van der Waals surface area contributed by atoms with Gasteiger partial charge in [0.2, 0.25) is 0 Å². The van der Waals surface area contributed by atoms with Gasteiger partial charge in [-0.1, -0.05) is 32.6 Å². The molecule has 0 saturated carbocycles. The maximum atomic E-state index is 12.2. The van der Waals surface area contributed by atoms with E-state index < -0.39 is 0 Å². The quantitative estimate of drug-likeness (QED) is 0.600. The second-order valence-electron chi connectivity index (χ2n) is 5.03. The van der Waals surface area contributed by atoms with Gasteiger partial charge in [-0.05, 0) is 18.6 Å². The van der Waals surface area contributed by atoms with Crippen molar-refractivity contribution < 1.29 is 9.47 Å². The molecular formula is C16H28N2O3. The van der Waals surface area contributed by atoms with Crippen LogP contribution in [0.1, 0.15) is 39.0 Å². The van der Waals surface area contributed by atoms with Crippen molar-refractivity contribution in [3.05, 3.63) is 28.7 Å². The molecular weight excluding hydrogens is 268 g/mol. The third kappa shape index (κ3) is 7.29. The molecule has 0 aliphatic heterocycles. The van der Waals surface area contributed by atoms with E-state index in [-0.39, 0.29) is 5.56 Å². The summed E-state index contributed by atoms with van der Waals surface area (Å²) in [6.07, 6.45) is 7.63. The van der Waals surface area contributed by atoms with Gasteiger partial charge in [0.05, 0.1) is 19.8 Å². The van der Waals surface area contributed by atoms with Crippen molar-refractivity contribution in [3.8, 4) is 5.75 Å². The monoisotopic (exact) mass is 296 g/mol. The molecule has 21 heavy (non-hydrogen) atoms. The number of ether oxygens (including phenoxy) is 2. The molecule has 0 bridgehead atoms. The number of nitrogens with two attached hydrogens (primary N) is 1. The molecule has 5 nitrogen and oxygen atoms in total. The number of hydrogen-bond acceptors (Lipinski definition) is 4. The van der Waals surface area contributed by atoms with Crippen LogP contribution in [-0.4, -0.2) is 30.9 Å². The van der Waals surface area contributed by atoms with Gasteiger partial charge >= 0.3 is 0 Å². The van der Waals surface area contributed by atoms with Crippen molar-refractivity contribution >= 4 is 0 Å². The van der Waals surface area contributed by atoms with E-state index in [1.807, 2.05) is 6.07 Å². The molecule has 0 aromatic carbocycles. The maximum Gasteiger partial charge on any atom is 0.292 e. The highest BCUT2D eigenvalue weighted by molar-refractivity contribution is 5.17. The first-order valence-corrected chi connectivity index (χ1v) is 7.89. The van der Waals surface area contributed by atoms with Crippen LogP contribution < -0.4 is 16.0 Å². The Morgan fingerprint density at radius 2 is 1.95 bits per heavy atom. The van der Waals surface area contributed by atoms with E-state index >= 15 is 0 Å². The minimum atomic E-state index is -0.0950. The van der Waals surface area contributed by atoms with Gasteiger partial charge < -0.3 is 19.8 Å². The SMILES string of the molecule is CCCCCCCOc1cccn(CCOCCN)c1=O. The van der Waals surface area contributed by atoms with E-state index in [4.69, 9.17) is 15.2 Å². The molecule has 1 rings (SSSR count). The summed E-state index contributed by atoms with van der Waals surface area (Å²) in [5.74, 6) is 0.423. The minimum Gasteiger partial charge on any atom is -0.488 e. The van der Waals surface area contributed by atoms with Crippen molar-refractivity contribution in [2.45, 2.75) is 45.6 Å². The Hall–Kier alpha value is -1.33. The summed E-state index contributed by atoms with van der Waals surface area (Å²) in [7, 11) is 0. The highest BCUT2D eigenvalue weighted by atomic mass is 16.5. The van der Waals surface area contributed by atoms with Gasteiger partial charge in [0, 0.05) is 19.3 Å². The Bertz CT molecular complexity index is 432. The lowest BCUT2D eigenvalue weighted by Gasteiger charge is -2.09. The molecule has 0 atom stereocenters. The van der Waals surface area contributed by atoms with Crippen LogP contribution in [-0.2, 0) is 11.3 Å². The topological polar surface area (TPSA) is 66.5 Å². The number of rotatable bonds is 12. The Kier molecular flexibility index (Phi) is 9.57. The molecule has 0 saturated heterocycles. The van der Waals surface area contributed by atoms with Crippen molar-refractivity contribution in [1.82, 2.24) is 4.57 Å². The Morgan fingerprint density at radius 3 is 2.71 bits per heavy atom. The summed E-state index contributed by atoms with van der Waals surface area (Å²) in [5.41, 5.74) is 5.25. The first-order valence-electron chi connectivity index (χ1n) is 7.89. The highest BCUT2D eigenvalue weighted by Gasteiger charge is 2.04. The largest absolute Gasteiger partial charge is 0.488 e. The predicted molar refractivity (Wildman–Crippen MR) is 84.8 cm³/mol. The number of aromatic nitrogens is 1. The van der Waals surface area contributed by atoms with Gasteiger partial charge in [-0.25, -0.2) is 0 Å². The van der Waals surface area contributed by atoms with Gasteiger partial charge in [-0.15, -0.1) is 0 Å². The van der Waals surface area contributed by atoms with E-state index in [2.05, 4.69) is 6.92 Å². The molecule has 0 aliphatic rings. The molecule has 1 aromatic heterocycles. The Balaban J connectivity index is 2.35. The van der Waals surface area contributed by atoms with Crippen LogP contribution in [0.3, 0.4) is 0 Å². The van der Waals surface area contributed by atoms with Gasteiger partial charge in [0.15, 0.2) is 5.75 Å². The van der Waals surface area contributed by atoms with E-state index in [1.165, 1.54) is 19.3 Å². The second kappa shape index (κ2) is 11.3. The molecule has 0 unspecified atom stereocenters. The number of hydrogen-bond donors (Lipinski definition) is 1. The predicted octanol–water partition coefficient (Wildman–Crippen LogP) is 2.17. The molecule has 0 amide bonds. The summed E-state index contributed by atoms with van der Waals surface area (Å²) in [6.45, 7) is 4.82. The van der Waals surface area contributed by atoms with Gasteiger partial charge in [0.25, 0.3) is 5.56 Å². The average molecular weight is 296 g/mol. The zero-order valence-corrected chi connectivity index (χ0v) is 13.1. The van der Waals surface area contributed by atoms with Crippen LogP contribution in [0.15, 0.2) is 23.1 Å². The van der Waals surface area contributed by atoms with Crippen LogP contribution in [0.5, 0.6) is 5.75 Å². The first-order chi connectivity index (χ1) is 10.3. The molecule has 0 fully saturated rings. The summed E-state index contributed by atoms with van der Waals surface area (Å²) in [6, 6.07) is 3.56. The fourth-order valence-corrected chi connectivity index (χ4v) is 2.04. The van der Waals surface area contributed by atoms with Crippen molar-refractivity contribution in [2.75, 3.05) is 26.4 Å². The normalized spacial score (nSPS) is 10.8. The molecule has 0 aliphatic carbocycles. The second-order valence-corrected chi connectivity index (χ2v) is 5.03. The zero-order valence-electron chi connectivity index (χ0n) is 13.1. The van der Waals surface area contributed by atoms with Crippen LogP contribution in [0, 0.1) is 0 Å². The fourth-order valence-electron chi connectivity index (χ4n) is 2.04. The van der Waals surface area contributed by atoms with E-state index in [9.17, 15) is 4.79 Å². The molecule has 120 valence electrons. The number of pyridine rings is 1. The molecule has 0 radical (unpaired) electrons. The lowest BCUT2D eigenvalue weighted by Crippen LogP contribution is -2.24. The molecule has 1 heterocycles. The Labute approximate surface area is 127 Å². The van der Waals surface area contributed by atoms with Crippen molar-refractivity contribution in [1.29, 1.82) is 0 Å². The van der Waals surface area contributed by atoms with Gasteiger partial charge in [-0.3, -0.25) is 4.79 Å². The number of unbranched alkanes of at least 4 members (excludes halogenated alkanes) is 4. The van der Waals surface area contributed by atoms with Gasteiger partial charge in [-0.2, -0.15) is 0 Å². The average Bonchev–Trinajstić information content (AvgIpc) is 2.50. The smallest absolute Gasteiger partial charge is 0.292 e. The van der Waals surface area contributed by atoms with E-state index in [0.29, 0.717) is 38.7 Å². The van der Waals surface area contributed by atoms with Gasteiger partial charge in [0.1, 0.15) is 0 Å². The van der Waals surface area contributed by atoms with Crippen molar-refractivity contribution in [3.63, 3.8) is 0 Å². The third-order valence-electron chi connectivity index (χ3n) is 3.23. The molecule has 0 spiro atoms. The van der Waals surface area contributed by atoms with Crippen LogP contribution in [0.4, 0.5) is 0 Å².